The Labute approximate surface area is 184 Å². The highest BCUT2D eigenvalue weighted by molar-refractivity contribution is 6.52. The van der Waals surface area contributed by atoms with Gasteiger partial charge in [0.25, 0.3) is 11.8 Å². The molecule has 0 saturated carbocycles. The second-order valence-corrected chi connectivity index (χ2v) is 8.71. The lowest BCUT2D eigenvalue weighted by Gasteiger charge is -2.34. The van der Waals surface area contributed by atoms with Crippen molar-refractivity contribution in [3.63, 3.8) is 0 Å². The van der Waals surface area contributed by atoms with Gasteiger partial charge in [-0.1, -0.05) is 46.4 Å². The molecule has 0 bridgehead atoms. The fraction of sp³-hybridized carbons (Fsp3) is 0.556. The number of carbonyl (C=O) groups excluding carboxylic acids is 2. The summed E-state index contributed by atoms with van der Waals surface area (Å²) >= 11 is 25.7. The molecule has 0 spiro atoms. The third-order valence-corrected chi connectivity index (χ3v) is 6.98. The van der Waals surface area contributed by atoms with Gasteiger partial charge in [-0.15, -0.1) is 0 Å². The van der Waals surface area contributed by atoms with Crippen molar-refractivity contribution in [2.24, 2.45) is 0 Å². The van der Waals surface area contributed by atoms with E-state index in [-0.39, 0.29) is 43.0 Å². The number of halogens is 4. The first-order valence-corrected chi connectivity index (χ1v) is 10.5. The molecule has 0 radical (unpaired) electrons. The lowest BCUT2D eigenvalue weighted by molar-refractivity contribution is 0.0653. The third kappa shape index (κ3) is 4.23. The highest BCUT2D eigenvalue weighted by Crippen LogP contribution is 2.42. The molecule has 2 aliphatic rings. The Morgan fingerprint density at radius 3 is 1.07 bits per heavy atom. The molecule has 2 aliphatic heterocycles. The highest BCUT2D eigenvalue weighted by atomic mass is 35.5. The first-order chi connectivity index (χ1) is 13.2. The summed E-state index contributed by atoms with van der Waals surface area (Å²) in [6.45, 7) is 5.23. The minimum absolute atomic E-state index is 0.0301. The molecular formula is C18H22Cl4N4O2. The Morgan fingerprint density at radius 2 is 0.821 bits per heavy atom. The van der Waals surface area contributed by atoms with Crippen LogP contribution in [-0.4, -0.2) is 97.9 Å². The lowest BCUT2D eigenvalue weighted by atomic mass is 10.1. The van der Waals surface area contributed by atoms with Crippen LogP contribution in [0.15, 0.2) is 0 Å². The van der Waals surface area contributed by atoms with Crippen LogP contribution in [0.4, 0.5) is 0 Å². The van der Waals surface area contributed by atoms with E-state index in [9.17, 15) is 9.59 Å². The number of nitrogens with zero attached hydrogens (tertiary/aromatic N) is 4. The molecule has 2 fully saturated rings. The summed E-state index contributed by atoms with van der Waals surface area (Å²) in [6, 6.07) is 0. The standard InChI is InChI=1S/C18H22Cl4N4O2/c1-23-3-7-25(8-4-23)17(27)11-13(19)15(21)12(16(22)14(11)20)18(28)26-9-5-24(2)6-10-26/h3-10H2,1-2H3. The number of piperazine rings is 2. The maximum Gasteiger partial charge on any atom is 0.257 e. The largest absolute Gasteiger partial charge is 0.336 e. The normalized spacial score (nSPS) is 19.2. The van der Waals surface area contributed by atoms with E-state index >= 15 is 0 Å². The van der Waals surface area contributed by atoms with Crippen LogP contribution in [0.25, 0.3) is 0 Å². The van der Waals surface area contributed by atoms with Crippen LogP contribution in [-0.2, 0) is 0 Å². The Hall–Kier alpha value is -0.760. The smallest absolute Gasteiger partial charge is 0.257 e. The highest BCUT2D eigenvalue weighted by Gasteiger charge is 2.33. The van der Waals surface area contributed by atoms with Crippen LogP contribution in [0, 0.1) is 0 Å². The second-order valence-electron chi connectivity index (χ2n) is 7.20. The molecule has 2 amide bonds. The zero-order valence-corrected chi connectivity index (χ0v) is 18.8. The first-order valence-electron chi connectivity index (χ1n) is 9.04. The van der Waals surface area contributed by atoms with Crippen LogP contribution >= 0.6 is 46.4 Å². The molecule has 154 valence electrons. The monoisotopic (exact) mass is 466 g/mol. The summed E-state index contributed by atoms with van der Waals surface area (Å²) in [5.74, 6) is -0.656. The second kappa shape index (κ2) is 8.94. The van der Waals surface area contributed by atoms with E-state index in [0.29, 0.717) is 26.2 Å². The predicted octanol–water partition coefficient (Wildman–Crippen LogP) is 3.08. The van der Waals surface area contributed by atoms with E-state index in [0.717, 1.165) is 26.2 Å². The van der Waals surface area contributed by atoms with Gasteiger partial charge in [0.2, 0.25) is 0 Å². The van der Waals surface area contributed by atoms with Crippen LogP contribution in [0.5, 0.6) is 0 Å². The molecule has 10 heteroatoms. The molecule has 6 nitrogen and oxygen atoms in total. The van der Waals surface area contributed by atoms with Gasteiger partial charge in [0.15, 0.2) is 0 Å². The van der Waals surface area contributed by atoms with E-state index in [4.69, 9.17) is 46.4 Å². The minimum Gasteiger partial charge on any atom is -0.336 e. The van der Waals surface area contributed by atoms with Gasteiger partial charge in [-0.05, 0) is 14.1 Å². The first kappa shape index (κ1) is 21.9. The maximum atomic E-state index is 13.0. The van der Waals surface area contributed by atoms with Crippen LogP contribution in [0.3, 0.4) is 0 Å². The number of rotatable bonds is 2. The minimum atomic E-state index is -0.328. The topological polar surface area (TPSA) is 47.1 Å². The molecule has 3 rings (SSSR count). The van der Waals surface area contributed by atoms with Crippen LogP contribution < -0.4 is 0 Å². The van der Waals surface area contributed by atoms with E-state index in [2.05, 4.69) is 9.80 Å². The summed E-state index contributed by atoms with van der Waals surface area (Å²) in [5, 5.41) is -0.120. The molecular weight excluding hydrogens is 446 g/mol. The maximum absolute atomic E-state index is 13.0. The van der Waals surface area contributed by atoms with Gasteiger partial charge in [0.05, 0.1) is 31.2 Å². The van der Waals surface area contributed by atoms with Crippen molar-refractivity contribution in [2.75, 3.05) is 66.5 Å². The van der Waals surface area contributed by atoms with Gasteiger partial charge < -0.3 is 19.6 Å². The van der Waals surface area contributed by atoms with Gasteiger partial charge >= 0.3 is 0 Å². The van der Waals surface area contributed by atoms with E-state index < -0.39 is 0 Å². The Morgan fingerprint density at radius 1 is 0.571 bits per heavy atom. The summed E-state index contributed by atoms with van der Waals surface area (Å²) in [5.41, 5.74) is 0.107. The summed E-state index contributed by atoms with van der Waals surface area (Å²) < 4.78 is 0. The molecule has 0 aliphatic carbocycles. The number of likely N-dealkylation sites (N-methyl/N-ethyl adjacent to an activating group) is 2. The van der Waals surface area contributed by atoms with Crippen molar-refractivity contribution < 1.29 is 9.59 Å². The molecule has 1 aromatic rings. The Kier molecular flexibility index (Phi) is 7.00. The Bertz CT molecular complexity index is 694. The molecule has 1 aromatic carbocycles. The number of benzene rings is 1. The van der Waals surface area contributed by atoms with Gasteiger partial charge in [-0.2, -0.15) is 0 Å². The van der Waals surface area contributed by atoms with Crippen molar-refractivity contribution in [3.8, 4) is 0 Å². The number of carbonyl (C=O) groups is 2. The summed E-state index contributed by atoms with van der Waals surface area (Å²) in [6.07, 6.45) is 0. The van der Waals surface area contributed by atoms with E-state index in [1.54, 1.807) is 9.80 Å². The van der Waals surface area contributed by atoms with Gasteiger partial charge in [-0.25, -0.2) is 0 Å². The van der Waals surface area contributed by atoms with Gasteiger partial charge in [0, 0.05) is 52.4 Å². The fourth-order valence-corrected chi connectivity index (χ4v) is 4.52. The van der Waals surface area contributed by atoms with Crippen molar-refractivity contribution in [1.29, 1.82) is 0 Å². The zero-order valence-electron chi connectivity index (χ0n) is 15.8. The van der Waals surface area contributed by atoms with Crippen molar-refractivity contribution in [1.82, 2.24) is 19.6 Å². The van der Waals surface area contributed by atoms with Crippen molar-refractivity contribution in [2.45, 2.75) is 0 Å². The quantitative estimate of drug-likeness (QED) is 0.627. The molecule has 2 heterocycles. The zero-order chi connectivity index (χ0) is 20.6. The molecule has 0 atom stereocenters. The van der Waals surface area contributed by atoms with Crippen LogP contribution in [0.2, 0.25) is 20.1 Å². The third-order valence-electron chi connectivity index (χ3n) is 5.27. The molecule has 0 aromatic heterocycles. The molecule has 2 saturated heterocycles. The SMILES string of the molecule is CN1CCN(C(=O)c2c(Cl)c(Cl)c(C(=O)N3CCN(C)CC3)c(Cl)c2Cl)CC1. The number of amides is 2. The summed E-state index contributed by atoms with van der Waals surface area (Å²) in [4.78, 5) is 33.6. The number of hydrogen-bond acceptors (Lipinski definition) is 4. The fourth-order valence-electron chi connectivity index (χ4n) is 3.34. The Balaban J connectivity index is 1.93. The molecule has 28 heavy (non-hydrogen) atoms. The predicted molar refractivity (Wildman–Crippen MR) is 113 cm³/mol. The number of hydrogen-bond donors (Lipinski definition) is 0. The average Bonchev–Trinajstić information content (AvgIpc) is 2.67. The van der Waals surface area contributed by atoms with E-state index in [1.165, 1.54) is 0 Å². The summed E-state index contributed by atoms with van der Waals surface area (Å²) in [7, 11) is 3.99. The average molecular weight is 468 g/mol. The van der Waals surface area contributed by atoms with Crippen molar-refractivity contribution >= 4 is 58.2 Å². The van der Waals surface area contributed by atoms with Gasteiger partial charge in [0.1, 0.15) is 0 Å². The molecule has 0 unspecified atom stereocenters. The van der Waals surface area contributed by atoms with Crippen molar-refractivity contribution in [3.05, 3.63) is 31.2 Å². The molecule has 0 N–H and O–H groups in total. The van der Waals surface area contributed by atoms with Crippen LogP contribution in [0.1, 0.15) is 20.7 Å². The van der Waals surface area contributed by atoms with E-state index in [1.807, 2.05) is 14.1 Å². The van der Waals surface area contributed by atoms with Gasteiger partial charge in [-0.3, -0.25) is 9.59 Å². The lowest BCUT2D eigenvalue weighted by Crippen LogP contribution is -2.47.